The summed E-state index contributed by atoms with van der Waals surface area (Å²) in [5.41, 5.74) is 5.71. The minimum Gasteiger partial charge on any atom is -0.409 e. The zero-order valence-electron chi connectivity index (χ0n) is 10.4. The van der Waals surface area contributed by atoms with Gasteiger partial charge in [-0.15, -0.1) is 0 Å². The third-order valence-electron chi connectivity index (χ3n) is 2.34. The number of alkyl halides is 3. The second-order valence-electron chi connectivity index (χ2n) is 3.92. The maximum absolute atomic E-state index is 12.5. The Morgan fingerprint density at radius 1 is 1.53 bits per heavy atom. The van der Waals surface area contributed by atoms with Crippen LogP contribution in [0, 0.1) is 0 Å². The highest BCUT2D eigenvalue weighted by molar-refractivity contribution is 5.97. The topological polar surface area (TPSA) is 74.7 Å². The van der Waals surface area contributed by atoms with E-state index in [2.05, 4.69) is 10.1 Å². The molecule has 0 bridgehead atoms. The van der Waals surface area contributed by atoms with Gasteiger partial charge in [0.05, 0.1) is 0 Å². The lowest BCUT2D eigenvalue weighted by molar-refractivity contribution is -0.119. The van der Waals surface area contributed by atoms with Crippen LogP contribution in [0.25, 0.3) is 0 Å². The monoisotopic (exact) mass is 276 g/mol. The molecule has 0 unspecified atom stereocenters. The van der Waals surface area contributed by atoms with E-state index in [0.717, 1.165) is 4.90 Å². The van der Waals surface area contributed by atoms with E-state index in [-0.39, 0.29) is 18.2 Å². The minimum absolute atomic E-state index is 0.142. The summed E-state index contributed by atoms with van der Waals surface area (Å²) in [4.78, 5) is 5.00. The molecular formula is C11H15F3N4O. The molecule has 0 radical (unpaired) electrons. The molecular weight excluding hydrogens is 261 g/mol. The van der Waals surface area contributed by atoms with E-state index < -0.39 is 12.7 Å². The average Bonchev–Trinajstić information content (AvgIpc) is 2.36. The van der Waals surface area contributed by atoms with Crippen molar-refractivity contribution in [2.45, 2.75) is 19.5 Å². The number of oxime groups is 1. The summed E-state index contributed by atoms with van der Waals surface area (Å²) in [5, 5.41) is 11.4. The summed E-state index contributed by atoms with van der Waals surface area (Å²) < 4.78 is 37.4. The second kappa shape index (κ2) is 6.26. The van der Waals surface area contributed by atoms with Crippen molar-refractivity contribution in [1.29, 1.82) is 0 Å². The van der Waals surface area contributed by atoms with Crippen molar-refractivity contribution in [3.8, 4) is 0 Å². The molecule has 0 saturated carbocycles. The van der Waals surface area contributed by atoms with Crippen molar-refractivity contribution in [3.63, 3.8) is 0 Å². The molecule has 106 valence electrons. The largest absolute Gasteiger partial charge is 0.409 e. The fourth-order valence-corrected chi connectivity index (χ4v) is 1.57. The van der Waals surface area contributed by atoms with E-state index in [1.165, 1.54) is 18.3 Å². The Bertz CT molecular complexity index is 448. The summed E-state index contributed by atoms with van der Waals surface area (Å²) in [6.45, 7) is 0.899. The SMILES string of the molecule is CCCN(CC(F)(F)F)c1cc(C(N)=NO)ccn1. The molecule has 5 nitrogen and oxygen atoms in total. The lowest BCUT2D eigenvalue weighted by Gasteiger charge is -2.24. The van der Waals surface area contributed by atoms with Crippen molar-refractivity contribution in [1.82, 2.24) is 4.98 Å². The summed E-state index contributed by atoms with van der Waals surface area (Å²) in [6, 6.07) is 2.81. The summed E-state index contributed by atoms with van der Waals surface area (Å²) in [5.74, 6) is -0.0321. The molecule has 0 aliphatic carbocycles. The first-order valence-electron chi connectivity index (χ1n) is 5.63. The van der Waals surface area contributed by atoms with Gasteiger partial charge in [0, 0.05) is 18.3 Å². The maximum atomic E-state index is 12.5. The van der Waals surface area contributed by atoms with Gasteiger partial charge in [-0.2, -0.15) is 13.2 Å². The van der Waals surface area contributed by atoms with Crippen LogP contribution in [-0.4, -0.2) is 35.3 Å². The van der Waals surface area contributed by atoms with Gasteiger partial charge >= 0.3 is 6.18 Å². The van der Waals surface area contributed by atoms with Gasteiger partial charge < -0.3 is 15.8 Å². The lowest BCUT2D eigenvalue weighted by Crippen LogP contribution is -2.35. The van der Waals surface area contributed by atoms with Crippen LogP contribution in [0.3, 0.4) is 0 Å². The van der Waals surface area contributed by atoms with E-state index in [1.54, 1.807) is 6.92 Å². The minimum atomic E-state index is -4.32. The van der Waals surface area contributed by atoms with E-state index in [4.69, 9.17) is 10.9 Å². The van der Waals surface area contributed by atoms with Crippen LogP contribution in [0.15, 0.2) is 23.5 Å². The molecule has 3 N–H and O–H groups in total. The Balaban J connectivity index is 3.02. The van der Waals surface area contributed by atoms with Crippen molar-refractivity contribution >= 4 is 11.7 Å². The Morgan fingerprint density at radius 3 is 2.74 bits per heavy atom. The average molecular weight is 276 g/mol. The van der Waals surface area contributed by atoms with E-state index in [9.17, 15) is 13.2 Å². The fraction of sp³-hybridized carbons (Fsp3) is 0.455. The second-order valence-corrected chi connectivity index (χ2v) is 3.92. The van der Waals surface area contributed by atoms with Crippen LogP contribution in [-0.2, 0) is 0 Å². The van der Waals surface area contributed by atoms with Crippen molar-refractivity contribution in [2.24, 2.45) is 10.9 Å². The number of amidine groups is 1. The van der Waals surface area contributed by atoms with Gasteiger partial charge in [0.2, 0.25) is 0 Å². The smallest absolute Gasteiger partial charge is 0.405 e. The van der Waals surface area contributed by atoms with E-state index in [0.29, 0.717) is 12.0 Å². The molecule has 1 rings (SSSR count). The quantitative estimate of drug-likeness (QED) is 0.373. The number of hydrogen-bond acceptors (Lipinski definition) is 4. The first-order chi connectivity index (χ1) is 8.87. The molecule has 0 atom stereocenters. The third kappa shape index (κ3) is 4.65. The van der Waals surface area contributed by atoms with Gasteiger partial charge in [-0.25, -0.2) is 4.98 Å². The van der Waals surface area contributed by atoms with Crippen LogP contribution in [0.2, 0.25) is 0 Å². The van der Waals surface area contributed by atoms with Crippen molar-refractivity contribution in [2.75, 3.05) is 18.0 Å². The van der Waals surface area contributed by atoms with Gasteiger partial charge in [0.15, 0.2) is 5.84 Å². The molecule has 8 heteroatoms. The Labute approximate surface area is 108 Å². The Kier molecular flexibility index (Phi) is 4.96. The zero-order valence-corrected chi connectivity index (χ0v) is 10.4. The number of rotatable bonds is 5. The number of hydrogen-bond donors (Lipinski definition) is 2. The first-order valence-corrected chi connectivity index (χ1v) is 5.63. The lowest BCUT2D eigenvalue weighted by atomic mass is 10.2. The summed E-state index contributed by atoms with van der Waals surface area (Å²) >= 11 is 0. The van der Waals surface area contributed by atoms with Crippen molar-refractivity contribution in [3.05, 3.63) is 23.9 Å². The summed E-state index contributed by atoms with van der Waals surface area (Å²) in [6.07, 6.45) is -2.45. The van der Waals surface area contributed by atoms with Gasteiger partial charge in [0.1, 0.15) is 12.4 Å². The molecule has 0 spiro atoms. The van der Waals surface area contributed by atoms with Crippen LogP contribution < -0.4 is 10.6 Å². The first kappa shape index (κ1) is 15.1. The highest BCUT2D eigenvalue weighted by Gasteiger charge is 2.31. The molecule has 1 heterocycles. The highest BCUT2D eigenvalue weighted by Crippen LogP contribution is 2.21. The molecule has 1 aromatic heterocycles. The number of anilines is 1. The molecule has 1 aromatic rings. The fourth-order valence-electron chi connectivity index (χ4n) is 1.57. The van der Waals surface area contributed by atoms with Crippen LogP contribution >= 0.6 is 0 Å². The Morgan fingerprint density at radius 2 is 2.21 bits per heavy atom. The van der Waals surface area contributed by atoms with Gasteiger partial charge in [-0.05, 0) is 18.6 Å². The number of nitrogens with zero attached hydrogens (tertiary/aromatic N) is 3. The predicted octanol–water partition coefficient (Wildman–Crippen LogP) is 1.95. The number of aromatic nitrogens is 1. The number of halogens is 3. The maximum Gasteiger partial charge on any atom is 0.405 e. The molecule has 19 heavy (non-hydrogen) atoms. The molecule has 0 aromatic carbocycles. The normalized spacial score (nSPS) is 12.5. The predicted molar refractivity (Wildman–Crippen MR) is 65.3 cm³/mol. The third-order valence-corrected chi connectivity index (χ3v) is 2.34. The van der Waals surface area contributed by atoms with Gasteiger partial charge in [-0.1, -0.05) is 12.1 Å². The standard InChI is InChI=1S/C11H15F3N4O/c1-2-5-18(7-11(12,13)14)9-6-8(3-4-16-9)10(15)17-19/h3-4,6,19H,2,5,7H2,1H3,(H2,15,17). The highest BCUT2D eigenvalue weighted by atomic mass is 19.4. The van der Waals surface area contributed by atoms with E-state index in [1.807, 2.05) is 0 Å². The van der Waals surface area contributed by atoms with Gasteiger partial charge in [0.25, 0.3) is 0 Å². The van der Waals surface area contributed by atoms with Gasteiger partial charge in [-0.3, -0.25) is 0 Å². The molecule has 0 aliphatic rings. The zero-order chi connectivity index (χ0) is 14.5. The Hall–Kier alpha value is -1.99. The van der Waals surface area contributed by atoms with E-state index >= 15 is 0 Å². The number of nitrogens with two attached hydrogens (primary N) is 1. The molecule has 0 amide bonds. The van der Waals surface area contributed by atoms with Crippen LogP contribution in [0.5, 0.6) is 0 Å². The van der Waals surface area contributed by atoms with Crippen molar-refractivity contribution < 1.29 is 18.4 Å². The summed E-state index contributed by atoms with van der Waals surface area (Å²) in [7, 11) is 0. The number of pyridine rings is 1. The van der Waals surface area contributed by atoms with Crippen LogP contribution in [0.4, 0.5) is 19.0 Å². The molecule has 0 fully saturated rings. The molecule has 0 aliphatic heterocycles. The van der Waals surface area contributed by atoms with Crippen LogP contribution in [0.1, 0.15) is 18.9 Å². The molecule has 0 saturated heterocycles.